The fourth-order valence-electron chi connectivity index (χ4n) is 1.17. The van der Waals surface area contributed by atoms with Gasteiger partial charge in [-0.25, -0.2) is 4.79 Å². The van der Waals surface area contributed by atoms with Crippen molar-refractivity contribution in [3.63, 3.8) is 0 Å². The maximum Gasteiger partial charge on any atom is 0.407 e. The summed E-state index contributed by atoms with van der Waals surface area (Å²) in [5.74, 6) is 0. The lowest BCUT2D eigenvalue weighted by molar-refractivity contribution is 0.0523. The Hall–Kier alpha value is -1.71. The van der Waals surface area contributed by atoms with Gasteiger partial charge in [-0.2, -0.15) is 0 Å². The molecule has 88 valence electrons. The second-order valence-corrected chi connectivity index (χ2v) is 4.56. The Morgan fingerprint density at radius 3 is 2.69 bits per heavy atom. The maximum absolute atomic E-state index is 11.3. The lowest BCUT2D eigenvalue weighted by atomic mass is 10.2. The maximum atomic E-state index is 11.3. The Morgan fingerprint density at radius 1 is 1.44 bits per heavy atom. The monoisotopic (exact) mass is 221 g/mol. The Labute approximate surface area is 95.8 Å². The van der Waals surface area contributed by atoms with Crippen molar-refractivity contribution in [1.29, 1.82) is 0 Å². The summed E-state index contributed by atoms with van der Waals surface area (Å²) >= 11 is 0. The number of hydrogen-bond donors (Lipinski definition) is 1. The zero-order chi connectivity index (χ0) is 12.2. The van der Waals surface area contributed by atoms with Crippen LogP contribution in [0.5, 0.6) is 0 Å². The molecule has 16 heavy (non-hydrogen) atoms. The van der Waals surface area contributed by atoms with Crippen LogP contribution in [-0.2, 0) is 11.3 Å². The van der Waals surface area contributed by atoms with Gasteiger partial charge in [-0.3, -0.25) is 0 Å². The summed E-state index contributed by atoms with van der Waals surface area (Å²) in [4.78, 5) is 11.3. The highest BCUT2D eigenvalue weighted by Crippen LogP contribution is 2.12. The molecule has 0 heterocycles. The highest BCUT2D eigenvalue weighted by atomic mass is 16.6. The first-order valence-corrected chi connectivity index (χ1v) is 5.14. The Morgan fingerprint density at radius 2 is 2.12 bits per heavy atom. The minimum atomic E-state index is -0.485. The second kappa shape index (κ2) is 4.88. The van der Waals surface area contributed by atoms with E-state index in [0.29, 0.717) is 12.2 Å². The van der Waals surface area contributed by atoms with Crippen LogP contribution >= 0.6 is 0 Å². The summed E-state index contributed by atoms with van der Waals surface area (Å²) in [5, 5.41) is 2.64. The number of ether oxygens (including phenoxy) is 1. The van der Waals surface area contributed by atoms with E-state index < -0.39 is 11.7 Å². The van der Waals surface area contributed by atoms with Crippen LogP contribution in [0.1, 0.15) is 26.3 Å². The molecule has 0 aliphatic carbocycles. The Balaban J connectivity index is 2.43. The normalized spacial score (nSPS) is 10.9. The van der Waals surface area contributed by atoms with E-state index in [9.17, 15) is 4.79 Å². The SMILES string of the molecule is CC(C)(C)OC(=O)NCc1cccc([NH-])c1. The fourth-order valence-corrected chi connectivity index (χ4v) is 1.17. The topological polar surface area (TPSA) is 62.1 Å². The number of nitrogens with one attached hydrogen (secondary N) is 2. The molecule has 1 amide bonds. The molecule has 0 unspecified atom stereocenters. The molecular formula is C12H17N2O2-. The Kier molecular flexibility index (Phi) is 3.77. The first-order valence-electron chi connectivity index (χ1n) is 5.14. The average molecular weight is 221 g/mol. The van der Waals surface area contributed by atoms with Gasteiger partial charge in [0, 0.05) is 6.54 Å². The van der Waals surface area contributed by atoms with Gasteiger partial charge in [-0.1, -0.05) is 24.3 Å². The van der Waals surface area contributed by atoms with Crippen LogP contribution in [0.3, 0.4) is 0 Å². The van der Waals surface area contributed by atoms with Gasteiger partial charge in [0.25, 0.3) is 0 Å². The molecule has 0 fully saturated rings. The molecule has 4 nitrogen and oxygen atoms in total. The van der Waals surface area contributed by atoms with Crippen molar-refractivity contribution < 1.29 is 9.53 Å². The minimum absolute atomic E-state index is 0.377. The summed E-state index contributed by atoms with van der Waals surface area (Å²) in [6, 6.07) is 7.04. The number of alkyl carbamates (subject to hydrolysis) is 1. The van der Waals surface area contributed by atoms with Crippen molar-refractivity contribution in [3.8, 4) is 0 Å². The molecule has 0 atom stereocenters. The molecule has 0 spiro atoms. The van der Waals surface area contributed by atoms with E-state index in [1.807, 2.05) is 26.8 Å². The van der Waals surface area contributed by atoms with Crippen molar-refractivity contribution in [1.82, 2.24) is 5.32 Å². The van der Waals surface area contributed by atoms with Crippen molar-refractivity contribution in [2.45, 2.75) is 32.9 Å². The summed E-state index contributed by atoms with van der Waals surface area (Å²) in [6.07, 6.45) is -0.442. The molecule has 0 aromatic heterocycles. The van der Waals surface area contributed by atoms with Gasteiger partial charge in [-0.15, -0.1) is 5.69 Å². The minimum Gasteiger partial charge on any atom is -0.699 e. The summed E-state index contributed by atoms with van der Waals surface area (Å²) in [5.41, 5.74) is 8.26. The summed E-state index contributed by atoms with van der Waals surface area (Å²) < 4.78 is 5.09. The summed E-state index contributed by atoms with van der Waals surface area (Å²) in [6.45, 7) is 5.83. The van der Waals surface area contributed by atoms with Gasteiger partial charge >= 0.3 is 6.09 Å². The van der Waals surface area contributed by atoms with E-state index in [1.54, 1.807) is 18.2 Å². The summed E-state index contributed by atoms with van der Waals surface area (Å²) in [7, 11) is 0. The number of amides is 1. The van der Waals surface area contributed by atoms with Crippen molar-refractivity contribution in [2.75, 3.05) is 0 Å². The molecule has 0 radical (unpaired) electrons. The zero-order valence-corrected chi connectivity index (χ0v) is 9.83. The van der Waals surface area contributed by atoms with E-state index in [-0.39, 0.29) is 0 Å². The fraction of sp³-hybridized carbons (Fsp3) is 0.417. The molecule has 0 saturated carbocycles. The zero-order valence-electron chi connectivity index (χ0n) is 9.83. The van der Waals surface area contributed by atoms with E-state index in [1.165, 1.54) is 0 Å². The van der Waals surface area contributed by atoms with Crippen molar-refractivity contribution >= 4 is 11.8 Å². The standard InChI is InChI=1S/C12H17N2O2/c1-12(2,3)16-11(15)14-8-9-5-4-6-10(13)7-9/h4-7,13H,8H2,1-3H3,(H,14,15)/q-1. The van der Waals surface area contributed by atoms with Gasteiger partial charge in [0.1, 0.15) is 5.60 Å². The quantitative estimate of drug-likeness (QED) is 0.831. The van der Waals surface area contributed by atoms with Crippen LogP contribution in [0.25, 0.3) is 5.73 Å². The predicted octanol–water partition coefficient (Wildman–Crippen LogP) is 3.40. The smallest absolute Gasteiger partial charge is 0.407 e. The van der Waals surface area contributed by atoms with Crippen LogP contribution in [0, 0.1) is 0 Å². The number of benzene rings is 1. The highest BCUT2D eigenvalue weighted by molar-refractivity contribution is 5.67. The molecule has 4 heteroatoms. The van der Waals surface area contributed by atoms with E-state index in [2.05, 4.69) is 5.32 Å². The molecular weight excluding hydrogens is 204 g/mol. The molecule has 2 N–H and O–H groups in total. The number of carbonyl (C=O) groups excluding carboxylic acids is 1. The third-order valence-electron chi connectivity index (χ3n) is 1.76. The molecule has 1 aromatic rings. The largest absolute Gasteiger partial charge is 0.699 e. The highest BCUT2D eigenvalue weighted by Gasteiger charge is 2.15. The van der Waals surface area contributed by atoms with Gasteiger partial charge in [-0.05, 0) is 26.3 Å². The molecule has 0 bridgehead atoms. The van der Waals surface area contributed by atoms with Crippen LogP contribution in [0.4, 0.5) is 10.5 Å². The molecule has 0 aliphatic heterocycles. The van der Waals surface area contributed by atoms with E-state index in [4.69, 9.17) is 10.5 Å². The lowest BCUT2D eigenvalue weighted by Gasteiger charge is -2.19. The van der Waals surface area contributed by atoms with E-state index >= 15 is 0 Å². The molecule has 0 aliphatic rings. The molecule has 1 rings (SSSR count). The van der Waals surface area contributed by atoms with Crippen LogP contribution < -0.4 is 5.32 Å². The number of rotatable bonds is 2. The van der Waals surface area contributed by atoms with Crippen LogP contribution in [0.2, 0.25) is 0 Å². The lowest BCUT2D eigenvalue weighted by Crippen LogP contribution is -2.32. The van der Waals surface area contributed by atoms with Gasteiger partial charge in [0.15, 0.2) is 0 Å². The van der Waals surface area contributed by atoms with Crippen molar-refractivity contribution in [2.24, 2.45) is 0 Å². The van der Waals surface area contributed by atoms with Crippen molar-refractivity contribution in [3.05, 3.63) is 35.6 Å². The van der Waals surface area contributed by atoms with Crippen LogP contribution in [-0.4, -0.2) is 11.7 Å². The van der Waals surface area contributed by atoms with Gasteiger partial charge < -0.3 is 15.8 Å². The first kappa shape index (κ1) is 12.4. The predicted molar refractivity (Wildman–Crippen MR) is 63.5 cm³/mol. The van der Waals surface area contributed by atoms with Gasteiger partial charge in [0.05, 0.1) is 0 Å². The van der Waals surface area contributed by atoms with E-state index in [0.717, 1.165) is 5.56 Å². The molecule has 1 aromatic carbocycles. The first-order chi connectivity index (χ1) is 7.37. The Bertz CT molecular complexity index is 370. The average Bonchev–Trinajstić information content (AvgIpc) is 2.12. The third kappa shape index (κ3) is 4.68. The molecule has 0 saturated heterocycles. The van der Waals surface area contributed by atoms with Crippen LogP contribution in [0.15, 0.2) is 24.3 Å². The second-order valence-electron chi connectivity index (χ2n) is 4.56. The number of hydrogen-bond acceptors (Lipinski definition) is 2. The van der Waals surface area contributed by atoms with Gasteiger partial charge in [0.2, 0.25) is 0 Å². The third-order valence-corrected chi connectivity index (χ3v) is 1.76. The number of carbonyl (C=O) groups is 1.